The molecule has 3 heterocycles. The summed E-state index contributed by atoms with van der Waals surface area (Å²) in [6, 6.07) is 0. The van der Waals surface area contributed by atoms with Gasteiger partial charge in [-0.3, -0.25) is 14.2 Å². The Morgan fingerprint density at radius 2 is 2.00 bits per heavy atom. The molecule has 20 heavy (non-hydrogen) atoms. The predicted molar refractivity (Wildman–Crippen MR) is 79.9 cm³/mol. The van der Waals surface area contributed by atoms with Crippen LogP contribution >= 0.6 is 15.9 Å². The molecule has 2 aromatic rings. The number of aromatic nitrogens is 3. The van der Waals surface area contributed by atoms with Crippen LogP contribution in [0.3, 0.4) is 0 Å². The van der Waals surface area contributed by atoms with Crippen LogP contribution < -0.4 is 4.90 Å². The first-order valence-electron chi connectivity index (χ1n) is 6.57. The summed E-state index contributed by atoms with van der Waals surface area (Å²) in [4.78, 5) is 24.4. The number of nitrogens with zero attached hydrogens (tertiary/aromatic N) is 5. The summed E-state index contributed by atoms with van der Waals surface area (Å²) in [6.07, 6.45) is 3.71. The number of aryl methyl sites for hydroxylation is 1. The average molecular weight is 338 g/mol. The Hall–Kier alpha value is -1.63. The van der Waals surface area contributed by atoms with Crippen molar-refractivity contribution in [2.24, 2.45) is 0 Å². The zero-order chi connectivity index (χ0) is 14.3. The normalized spacial score (nSPS) is 15.9. The van der Waals surface area contributed by atoms with Crippen molar-refractivity contribution in [2.45, 2.75) is 13.8 Å². The molecule has 0 radical (unpaired) electrons. The Balaban J connectivity index is 1.92. The molecule has 106 valence electrons. The number of carbonyl (C=O) groups excluding carboxylic acids is 1. The number of rotatable bonds is 1. The minimum Gasteiger partial charge on any atom is -0.339 e. The van der Waals surface area contributed by atoms with Gasteiger partial charge in [0.1, 0.15) is 10.1 Å². The molecule has 0 atom stereocenters. The zero-order valence-electron chi connectivity index (χ0n) is 11.5. The van der Waals surface area contributed by atoms with Crippen molar-refractivity contribution >= 4 is 33.3 Å². The Morgan fingerprint density at radius 3 is 2.65 bits per heavy atom. The van der Waals surface area contributed by atoms with Crippen molar-refractivity contribution in [3.63, 3.8) is 0 Å². The number of imidazole rings is 1. The van der Waals surface area contributed by atoms with Gasteiger partial charge in [-0.1, -0.05) is 0 Å². The minimum atomic E-state index is 0.138. The third kappa shape index (κ3) is 2.15. The fraction of sp³-hybridized carbons (Fsp3) is 0.462. The quantitative estimate of drug-likeness (QED) is 0.790. The smallest absolute Gasteiger partial charge is 0.219 e. The van der Waals surface area contributed by atoms with E-state index in [4.69, 9.17) is 0 Å². The lowest BCUT2D eigenvalue weighted by Gasteiger charge is -2.34. The first-order chi connectivity index (χ1) is 9.58. The highest BCUT2D eigenvalue weighted by Crippen LogP contribution is 2.26. The highest BCUT2D eigenvalue weighted by molar-refractivity contribution is 9.10. The molecular formula is C13H16BrN5O. The van der Waals surface area contributed by atoms with Gasteiger partial charge in [-0.05, 0) is 22.9 Å². The molecule has 2 aromatic heterocycles. The maximum absolute atomic E-state index is 11.4. The summed E-state index contributed by atoms with van der Waals surface area (Å²) in [6.45, 7) is 6.67. The van der Waals surface area contributed by atoms with Crippen LogP contribution in [-0.4, -0.2) is 51.4 Å². The maximum Gasteiger partial charge on any atom is 0.219 e. The van der Waals surface area contributed by atoms with Crippen LogP contribution in [0, 0.1) is 6.92 Å². The molecule has 1 saturated heterocycles. The van der Waals surface area contributed by atoms with Crippen molar-refractivity contribution in [3.8, 4) is 0 Å². The molecule has 0 aliphatic carbocycles. The number of hydrogen-bond acceptors (Lipinski definition) is 4. The maximum atomic E-state index is 11.4. The molecule has 6 nitrogen and oxygen atoms in total. The molecule has 0 N–H and O–H groups in total. The Labute approximate surface area is 125 Å². The van der Waals surface area contributed by atoms with Crippen molar-refractivity contribution in [2.75, 3.05) is 31.1 Å². The summed E-state index contributed by atoms with van der Waals surface area (Å²) in [5, 5.41) is 0. The fourth-order valence-electron chi connectivity index (χ4n) is 2.58. The number of halogens is 1. The minimum absolute atomic E-state index is 0.138. The van der Waals surface area contributed by atoms with Crippen molar-refractivity contribution in [1.82, 2.24) is 19.3 Å². The average Bonchev–Trinajstić information content (AvgIpc) is 2.77. The van der Waals surface area contributed by atoms with E-state index in [0.29, 0.717) is 0 Å². The standard InChI is InChI=1S/C13H16BrN5O/c1-9-11-12(14)16-13(19(11)4-3-15-9)18-7-5-17(6-8-18)10(2)20/h3-4H,5-8H2,1-2H3. The van der Waals surface area contributed by atoms with Crippen LogP contribution in [0.5, 0.6) is 0 Å². The predicted octanol–water partition coefficient (Wildman–Crippen LogP) is 1.47. The topological polar surface area (TPSA) is 53.7 Å². The zero-order valence-corrected chi connectivity index (χ0v) is 13.1. The lowest BCUT2D eigenvalue weighted by atomic mass is 10.3. The summed E-state index contributed by atoms with van der Waals surface area (Å²) < 4.78 is 2.86. The summed E-state index contributed by atoms with van der Waals surface area (Å²) >= 11 is 3.51. The monoisotopic (exact) mass is 337 g/mol. The van der Waals surface area contributed by atoms with Gasteiger partial charge in [0.15, 0.2) is 0 Å². The van der Waals surface area contributed by atoms with Gasteiger partial charge in [0.25, 0.3) is 0 Å². The molecule has 7 heteroatoms. The van der Waals surface area contributed by atoms with Gasteiger partial charge in [0.05, 0.1) is 5.69 Å². The van der Waals surface area contributed by atoms with Crippen LogP contribution in [0.4, 0.5) is 5.95 Å². The molecule has 0 spiro atoms. The third-order valence-electron chi connectivity index (χ3n) is 3.68. The highest BCUT2D eigenvalue weighted by atomic mass is 79.9. The van der Waals surface area contributed by atoms with Crippen molar-refractivity contribution < 1.29 is 4.79 Å². The van der Waals surface area contributed by atoms with E-state index in [2.05, 4.69) is 35.2 Å². The first kappa shape index (κ1) is 13.4. The van der Waals surface area contributed by atoms with Crippen LogP contribution in [0.15, 0.2) is 17.0 Å². The second kappa shape index (κ2) is 5.05. The molecule has 3 rings (SSSR count). The molecule has 0 bridgehead atoms. The third-order valence-corrected chi connectivity index (χ3v) is 4.24. The molecule has 1 aliphatic heterocycles. The summed E-state index contributed by atoms with van der Waals surface area (Å²) in [5.41, 5.74) is 1.94. The number of carbonyl (C=O) groups is 1. The first-order valence-corrected chi connectivity index (χ1v) is 7.37. The van der Waals surface area contributed by atoms with E-state index < -0.39 is 0 Å². The van der Waals surface area contributed by atoms with Crippen LogP contribution in [0.25, 0.3) is 5.52 Å². The van der Waals surface area contributed by atoms with Crippen molar-refractivity contribution in [1.29, 1.82) is 0 Å². The highest BCUT2D eigenvalue weighted by Gasteiger charge is 2.23. The fourth-order valence-corrected chi connectivity index (χ4v) is 3.21. The lowest BCUT2D eigenvalue weighted by Crippen LogP contribution is -2.48. The number of piperazine rings is 1. The summed E-state index contributed by atoms with van der Waals surface area (Å²) in [5.74, 6) is 1.04. The molecule has 0 unspecified atom stereocenters. The van der Waals surface area contributed by atoms with Gasteiger partial charge in [0.2, 0.25) is 11.9 Å². The van der Waals surface area contributed by atoms with Gasteiger partial charge >= 0.3 is 0 Å². The molecule has 0 saturated carbocycles. The Kier molecular flexibility index (Phi) is 3.37. The van der Waals surface area contributed by atoms with Crippen LogP contribution in [0.2, 0.25) is 0 Å². The van der Waals surface area contributed by atoms with E-state index in [0.717, 1.165) is 47.9 Å². The van der Waals surface area contributed by atoms with E-state index in [-0.39, 0.29) is 5.91 Å². The van der Waals surface area contributed by atoms with Gasteiger partial charge in [0, 0.05) is 45.5 Å². The molecule has 1 amide bonds. The van der Waals surface area contributed by atoms with Crippen LogP contribution in [-0.2, 0) is 4.79 Å². The molecule has 1 aliphatic rings. The number of hydrogen-bond donors (Lipinski definition) is 0. The van der Waals surface area contributed by atoms with Gasteiger partial charge in [-0.25, -0.2) is 4.98 Å². The number of anilines is 1. The number of fused-ring (bicyclic) bond motifs is 1. The molecule has 0 aromatic carbocycles. The van der Waals surface area contributed by atoms with E-state index in [1.54, 1.807) is 13.1 Å². The van der Waals surface area contributed by atoms with E-state index in [9.17, 15) is 4.79 Å². The molecular weight excluding hydrogens is 322 g/mol. The second-order valence-corrected chi connectivity index (χ2v) is 5.68. The van der Waals surface area contributed by atoms with Gasteiger partial charge in [-0.15, -0.1) is 0 Å². The molecule has 1 fully saturated rings. The van der Waals surface area contributed by atoms with E-state index in [1.165, 1.54) is 0 Å². The second-order valence-electron chi connectivity index (χ2n) is 4.93. The summed E-state index contributed by atoms with van der Waals surface area (Å²) in [7, 11) is 0. The van der Waals surface area contributed by atoms with Crippen LogP contribution in [0.1, 0.15) is 12.6 Å². The van der Waals surface area contributed by atoms with Crippen molar-refractivity contribution in [3.05, 3.63) is 22.7 Å². The number of amides is 1. The van der Waals surface area contributed by atoms with E-state index >= 15 is 0 Å². The van der Waals surface area contributed by atoms with Gasteiger partial charge < -0.3 is 9.80 Å². The van der Waals surface area contributed by atoms with Gasteiger partial charge in [-0.2, -0.15) is 0 Å². The van der Waals surface area contributed by atoms with E-state index in [1.807, 2.05) is 18.0 Å². The Morgan fingerprint density at radius 1 is 1.30 bits per heavy atom. The Bertz CT molecular complexity index is 660. The largest absolute Gasteiger partial charge is 0.339 e. The lowest BCUT2D eigenvalue weighted by molar-refractivity contribution is -0.129. The SMILES string of the molecule is CC(=O)N1CCN(c2nc(Br)c3c(C)nccn23)CC1.